The van der Waals surface area contributed by atoms with Crippen molar-refractivity contribution < 1.29 is 19.1 Å². The van der Waals surface area contributed by atoms with E-state index in [2.05, 4.69) is 26.0 Å². The third-order valence-electron chi connectivity index (χ3n) is 7.95. The lowest BCUT2D eigenvalue weighted by atomic mass is 9.65. The molecule has 0 radical (unpaired) electrons. The molecule has 0 amide bonds. The zero-order valence-electron chi connectivity index (χ0n) is 17.5. The van der Waals surface area contributed by atoms with Gasteiger partial charge in [0.05, 0.1) is 25.0 Å². The standard InChI is InChI=1S/C24H36O4/c1-3-5-7-11-27-23(25)21-17-14-18(20-16-10-9-15(13-16)19(17)20)22(21)24(26)28-12-8-6-4-2/h9-10,15-22H,3-8,11-14H2,1-2H3. The van der Waals surface area contributed by atoms with Crippen LogP contribution in [0.1, 0.15) is 65.2 Å². The number of ether oxygens (including phenoxy) is 2. The third kappa shape index (κ3) is 3.41. The van der Waals surface area contributed by atoms with Gasteiger partial charge >= 0.3 is 11.9 Å². The number of esters is 2. The Bertz CT molecular complexity index is 562. The molecule has 3 saturated carbocycles. The molecule has 4 rings (SSSR count). The number of carbonyl (C=O) groups is 2. The van der Waals surface area contributed by atoms with Gasteiger partial charge in [-0.3, -0.25) is 9.59 Å². The zero-order chi connectivity index (χ0) is 19.7. The molecular weight excluding hydrogens is 352 g/mol. The van der Waals surface area contributed by atoms with E-state index in [9.17, 15) is 9.59 Å². The van der Waals surface area contributed by atoms with E-state index in [4.69, 9.17) is 9.47 Å². The number of hydrogen-bond acceptors (Lipinski definition) is 4. The molecule has 0 saturated heterocycles. The molecule has 3 fully saturated rings. The minimum Gasteiger partial charge on any atom is -0.465 e. The summed E-state index contributed by atoms with van der Waals surface area (Å²) in [6.45, 7) is 5.26. The Balaban J connectivity index is 1.46. The Hall–Kier alpha value is -1.32. The second-order valence-electron chi connectivity index (χ2n) is 9.47. The molecule has 0 spiro atoms. The number of fused-ring (bicyclic) bond motifs is 9. The maximum Gasteiger partial charge on any atom is 0.310 e. The van der Waals surface area contributed by atoms with Gasteiger partial charge in [0, 0.05) is 0 Å². The molecule has 4 aliphatic carbocycles. The van der Waals surface area contributed by atoms with Crippen LogP contribution in [0, 0.1) is 47.3 Å². The van der Waals surface area contributed by atoms with Gasteiger partial charge < -0.3 is 9.47 Å². The van der Waals surface area contributed by atoms with E-state index in [0.29, 0.717) is 48.7 Å². The van der Waals surface area contributed by atoms with Gasteiger partial charge in [-0.15, -0.1) is 0 Å². The molecule has 0 aromatic heterocycles. The van der Waals surface area contributed by atoms with Gasteiger partial charge in [0.1, 0.15) is 0 Å². The molecule has 0 aromatic carbocycles. The summed E-state index contributed by atoms with van der Waals surface area (Å²) in [6, 6.07) is 0. The van der Waals surface area contributed by atoms with E-state index < -0.39 is 0 Å². The molecule has 0 heterocycles. The first-order chi connectivity index (χ1) is 13.7. The van der Waals surface area contributed by atoms with Gasteiger partial charge in [0.25, 0.3) is 0 Å². The van der Waals surface area contributed by atoms with Crippen molar-refractivity contribution in [2.45, 2.75) is 65.2 Å². The van der Waals surface area contributed by atoms with Crippen molar-refractivity contribution in [3.8, 4) is 0 Å². The van der Waals surface area contributed by atoms with Crippen LogP contribution < -0.4 is 0 Å². The molecule has 4 bridgehead atoms. The Kier molecular flexibility index (Phi) is 6.13. The summed E-state index contributed by atoms with van der Waals surface area (Å²) in [5.41, 5.74) is 0. The molecule has 4 aliphatic rings. The van der Waals surface area contributed by atoms with Crippen molar-refractivity contribution in [3.05, 3.63) is 12.2 Å². The fourth-order valence-electron chi connectivity index (χ4n) is 6.92. The summed E-state index contributed by atoms with van der Waals surface area (Å²) in [6.07, 6.45) is 13.2. The summed E-state index contributed by atoms with van der Waals surface area (Å²) in [5, 5.41) is 0. The number of hydrogen-bond donors (Lipinski definition) is 0. The molecule has 4 nitrogen and oxygen atoms in total. The average Bonchev–Trinajstić information content (AvgIpc) is 3.46. The van der Waals surface area contributed by atoms with E-state index in [1.807, 2.05) is 0 Å². The quantitative estimate of drug-likeness (QED) is 0.234. The Morgan fingerprint density at radius 2 is 1.21 bits per heavy atom. The Morgan fingerprint density at radius 1 is 0.750 bits per heavy atom. The average molecular weight is 389 g/mol. The number of rotatable bonds is 10. The van der Waals surface area contributed by atoms with E-state index in [0.717, 1.165) is 44.9 Å². The molecule has 28 heavy (non-hydrogen) atoms. The Morgan fingerprint density at radius 3 is 1.64 bits per heavy atom. The highest BCUT2D eigenvalue weighted by atomic mass is 16.5. The van der Waals surface area contributed by atoms with Crippen LogP contribution in [0.5, 0.6) is 0 Å². The second-order valence-corrected chi connectivity index (χ2v) is 9.47. The first-order valence-electron chi connectivity index (χ1n) is 11.7. The van der Waals surface area contributed by atoms with E-state index in [1.54, 1.807) is 0 Å². The monoisotopic (exact) mass is 388 g/mol. The maximum atomic E-state index is 13.0. The van der Waals surface area contributed by atoms with Crippen LogP contribution >= 0.6 is 0 Å². The molecule has 0 N–H and O–H groups in total. The van der Waals surface area contributed by atoms with Gasteiger partial charge in [0.2, 0.25) is 0 Å². The minimum absolute atomic E-state index is 0.135. The topological polar surface area (TPSA) is 52.6 Å². The molecule has 156 valence electrons. The van der Waals surface area contributed by atoms with E-state index in [-0.39, 0.29) is 23.8 Å². The van der Waals surface area contributed by atoms with Gasteiger partial charge in [0.15, 0.2) is 0 Å². The summed E-state index contributed by atoms with van der Waals surface area (Å²) in [5.74, 6) is 2.18. The van der Waals surface area contributed by atoms with E-state index in [1.165, 1.54) is 6.42 Å². The largest absolute Gasteiger partial charge is 0.465 e. The van der Waals surface area contributed by atoms with Gasteiger partial charge in [-0.05, 0) is 61.2 Å². The SMILES string of the molecule is CCCCCOC(=O)C1C2CC(C1C(=O)OCCCCC)C1C3C=CC(C3)C21. The Labute approximate surface area is 169 Å². The van der Waals surface area contributed by atoms with Crippen LogP contribution in [0.4, 0.5) is 0 Å². The summed E-state index contributed by atoms with van der Waals surface area (Å²) in [4.78, 5) is 26.1. The number of allylic oxidation sites excluding steroid dienone is 2. The second kappa shape index (κ2) is 8.59. The van der Waals surface area contributed by atoms with Crippen molar-refractivity contribution in [3.63, 3.8) is 0 Å². The third-order valence-corrected chi connectivity index (χ3v) is 7.95. The van der Waals surface area contributed by atoms with Crippen LogP contribution in [-0.2, 0) is 19.1 Å². The fraction of sp³-hybridized carbons (Fsp3) is 0.833. The molecule has 8 atom stereocenters. The predicted molar refractivity (Wildman–Crippen MR) is 107 cm³/mol. The normalized spacial score (nSPS) is 39.4. The lowest BCUT2D eigenvalue weighted by molar-refractivity contribution is -0.166. The summed E-state index contributed by atoms with van der Waals surface area (Å²) >= 11 is 0. The minimum atomic E-state index is -0.278. The van der Waals surface area contributed by atoms with Crippen LogP contribution in [-0.4, -0.2) is 25.2 Å². The van der Waals surface area contributed by atoms with Crippen molar-refractivity contribution in [2.24, 2.45) is 47.3 Å². The molecule has 0 aromatic rings. The zero-order valence-corrected chi connectivity index (χ0v) is 17.5. The van der Waals surface area contributed by atoms with E-state index >= 15 is 0 Å². The lowest BCUT2D eigenvalue weighted by Crippen LogP contribution is -2.45. The molecule has 8 unspecified atom stereocenters. The smallest absolute Gasteiger partial charge is 0.310 e. The van der Waals surface area contributed by atoms with Crippen molar-refractivity contribution in [1.82, 2.24) is 0 Å². The first kappa shape index (κ1) is 20.0. The number of carbonyl (C=O) groups excluding carboxylic acids is 2. The van der Waals surface area contributed by atoms with Crippen molar-refractivity contribution in [1.29, 1.82) is 0 Å². The maximum absolute atomic E-state index is 13.0. The van der Waals surface area contributed by atoms with Crippen LogP contribution in [0.25, 0.3) is 0 Å². The van der Waals surface area contributed by atoms with Crippen LogP contribution in [0.15, 0.2) is 12.2 Å². The highest BCUT2D eigenvalue weighted by Crippen LogP contribution is 2.69. The van der Waals surface area contributed by atoms with Crippen LogP contribution in [0.3, 0.4) is 0 Å². The van der Waals surface area contributed by atoms with Crippen molar-refractivity contribution in [2.75, 3.05) is 13.2 Å². The predicted octanol–water partition coefficient (Wildman–Crippen LogP) is 4.77. The fourth-order valence-corrected chi connectivity index (χ4v) is 6.92. The number of unbranched alkanes of at least 4 members (excludes halogenated alkanes) is 4. The molecular formula is C24H36O4. The highest BCUT2D eigenvalue weighted by molar-refractivity contribution is 5.84. The first-order valence-corrected chi connectivity index (χ1v) is 11.7. The summed E-state index contributed by atoms with van der Waals surface area (Å²) < 4.78 is 11.3. The van der Waals surface area contributed by atoms with Gasteiger partial charge in [-0.2, -0.15) is 0 Å². The summed E-state index contributed by atoms with van der Waals surface area (Å²) in [7, 11) is 0. The highest BCUT2D eigenvalue weighted by Gasteiger charge is 2.68. The van der Waals surface area contributed by atoms with Gasteiger partial charge in [-0.25, -0.2) is 0 Å². The van der Waals surface area contributed by atoms with Crippen molar-refractivity contribution >= 4 is 11.9 Å². The van der Waals surface area contributed by atoms with Gasteiger partial charge in [-0.1, -0.05) is 51.7 Å². The lowest BCUT2D eigenvalue weighted by Gasteiger charge is -2.39. The molecule has 0 aliphatic heterocycles. The molecule has 4 heteroatoms. The van der Waals surface area contributed by atoms with Crippen LogP contribution in [0.2, 0.25) is 0 Å².